The van der Waals surface area contributed by atoms with E-state index in [4.69, 9.17) is 9.47 Å². The highest BCUT2D eigenvalue weighted by Crippen LogP contribution is 2.27. The molecule has 0 radical (unpaired) electrons. The Hall–Kier alpha value is -2.49. The summed E-state index contributed by atoms with van der Waals surface area (Å²) in [6, 6.07) is 11.6. The highest BCUT2D eigenvalue weighted by atomic mass is 16.5. The number of carbonyl (C=O) groups excluding carboxylic acids is 1. The Kier molecular flexibility index (Phi) is 4.94. The molecule has 0 unspecified atom stereocenters. The molecule has 0 aliphatic carbocycles. The molecular weight excluding hydrogens is 292 g/mol. The lowest BCUT2D eigenvalue weighted by Gasteiger charge is -2.21. The van der Waals surface area contributed by atoms with Gasteiger partial charge in [-0.05, 0) is 64.1 Å². The van der Waals surface area contributed by atoms with Gasteiger partial charge in [0.15, 0.2) is 5.78 Å². The molecule has 2 aromatic carbocycles. The van der Waals surface area contributed by atoms with Crippen molar-refractivity contribution in [3.05, 3.63) is 53.6 Å². The quantitative estimate of drug-likeness (QED) is 0.840. The standard InChI is InChI=1S/C19H22O4/c1-5-22-15-10-11-16(17(20)12-15)18(21)13-6-8-14(9-7-13)23-19(2,3)4/h6-12,20H,5H2,1-4H3. The van der Waals surface area contributed by atoms with Gasteiger partial charge >= 0.3 is 0 Å². The average Bonchev–Trinajstić information content (AvgIpc) is 2.46. The number of ether oxygens (including phenoxy) is 2. The van der Waals surface area contributed by atoms with Crippen molar-refractivity contribution in [1.82, 2.24) is 0 Å². The average molecular weight is 314 g/mol. The Labute approximate surface area is 136 Å². The van der Waals surface area contributed by atoms with Crippen molar-refractivity contribution in [3.8, 4) is 17.2 Å². The molecule has 23 heavy (non-hydrogen) atoms. The van der Waals surface area contributed by atoms with Gasteiger partial charge in [0, 0.05) is 11.6 Å². The van der Waals surface area contributed by atoms with Gasteiger partial charge in [0.25, 0.3) is 0 Å². The lowest BCUT2D eigenvalue weighted by Crippen LogP contribution is -2.22. The third kappa shape index (κ3) is 4.49. The largest absolute Gasteiger partial charge is 0.507 e. The van der Waals surface area contributed by atoms with Crippen molar-refractivity contribution in [1.29, 1.82) is 0 Å². The molecular formula is C19H22O4. The van der Waals surface area contributed by atoms with Gasteiger partial charge in [-0.1, -0.05) is 0 Å². The Morgan fingerprint density at radius 2 is 1.65 bits per heavy atom. The molecule has 0 heterocycles. The van der Waals surface area contributed by atoms with E-state index in [1.807, 2.05) is 27.7 Å². The second-order valence-electron chi connectivity index (χ2n) is 6.18. The van der Waals surface area contributed by atoms with Gasteiger partial charge in [0.2, 0.25) is 0 Å². The molecule has 2 aromatic rings. The van der Waals surface area contributed by atoms with E-state index in [1.54, 1.807) is 36.4 Å². The van der Waals surface area contributed by atoms with Gasteiger partial charge in [-0.2, -0.15) is 0 Å². The smallest absolute Gasteiger partial charge is 0.196 e. The van der Waals surface area contributed by atoms with Gasteiger partial charge in [-0.25, -0.2) is 0 Å². The first-order valence-corrected chi connectivity index (χ1v) is 7.60. The summed E-state index contributed by atoms with van der Waals surface area (Å²) in [5, 5.41) is 10.0. The maximum Gasteiger partial charge on any atom is 0.196 e. The third-order valence-corrected chi connectivity index (χ3v) is 3.07. The second kappa shape index (κ2) is 6.73. The summed E-state index contributed by atoms with van der Waals surface area (Å²) < 4.78 is 11.0. The van der Waals surface area contributed by atoms with E-state index < -0.39 is 0 Å². The summed E-state index contributed by atoms with van der Waals surface area (Å²) in [6.45, 7) is 8.25. The highest BCUT2D eigenvalue weighted by Gasteiger charge is 2.16. The molecule has 0 aliphatic heterocycles. The fourth-order valence-electron chi connectivity index (χ4n) is 2.14. The first kappa shape index (κ1) is 16.9. The molecule has 0 fully saturated rings. The number of hydrogen-bond donors (Lipinski definition) is 1. The molecule has 4 heteroatoms. The molecule has 0 saturated carbocycles. The van der Waals surface area contributed by atoms with Crippen LogP contribution < -0.4 is 9.47 Å². The van der Waals surface area contributed by atoms with Crippen molar-refractivity contribution in [2.24, 2.45) is 0 Å². The molecule has 2 rings (SSSR count). The zero-order chi connectivity index (χ0) is 17.0. The Morgan fingerprint density at radius 3 is 2.17 bits per heavy atom. The van der Waals surface area contributed by atoms with Crippen LogP contribution >= 0.6 is 0 Å². The minimum Gasteiger partial charge on any atom is -0.507 e. The highest BCUT2D eigenvalue weighted by molar-refractivity contribution is 6.10. The number of hydrogen-bond acceptors (Lipinski definition) is 4. The lowest BCUT2D eigenvalue weighted by molar-refractivity contribution is 0.103. The zero-order valence-corrected chi connectivity index (χ0v) is 13.9. The topological polar surface area (TPSA) is 55.8 Å². The first-order valence-electron chi connectivity index (χ1n) is 7.60. The summed E-state index contributed by atoms with van der Waals surface area (Å²) in [5.74, 6) is 0.907. The van der Waals surface area contributed by atoms with Crippen LogP contribution in [0.5, 0.6) is 17.2 Å². The predicted molar refractivity (Wildman–Crippen MR) is 89.5 cm³/mol. The predicted octanol–water partition coefficient (Wildman–Crippen LogP) is 4.20. The van der Waals surface area contributed by atoms with Crippen LogP contribution in [0.25, 0.3) is 0 Å². The molecule has 0 spiro atoms. The van der Waals surface area contributed by atoms with Crippen LogP contribution in [0, 0.1) is 0 Å². The third-order valence-electron chi connectivity index (χ3n) is 3.07. The van der Waals surface area contributed by atoms with Crippen LogP contribution in [0.15, 0.2) is 42.5 Å². The molecule has 0 atom stereocenters. The van der Waals surface area contributed by atoms with E-state index >= 15 is 0 Å². The van der Waals surface area contributed by atoms with Crippen molar-refractivity contribution < 1.29 is 19.4 Å². The fraction of sp³-hybridized carbons (Fsp3) is 0.316. The number of phenols is 1. The van der Waals surface area contributed by atoms with Crippen LogP contribution in [-0.2, 0) is 0 Å². The number of aromatic hydroxyl groups is 1. The number of phenolic OH excluding ortho intramolecular Hbond substituents is 1. The molecule has 0 bridgehead atoms. The van der Waals surface area contributed by atoms with E-state index in [9.17, 15) is 9.90 Å². The van der Waals surface area contributed by atoms with E-state index in [0.717, 1.165) is 0 Å². The molecule has 122 valence electrons. The Bertz CT molecular complexity index is 682. The zero-order valence-electron chi connectivity index (χ0n) is 13.9. The first-order chi connectivity index (χ1) is 10.8. The normalized spacial score (nSPS) is 11.1. The minimum absolute atomic E-state index is 0.0871. The summed E-state index contributed by atoms with van der Waals surface area (Å²) in [6.07, 6.45) is 0. The fourth-order valence-corrected chi connectivity index (χ4v) is 2.14. The van der Waals surface area contributed by atoms with Crippen LogP contribution in [-0.4, -0.2) is 23.1 Å². The van der Waals surface area contributed by atoms with Crippen LogP contribution in [0.1, 0.15) is 43.6 Å². The summed E-state index contributed by atoms with van der Waals surface area (Å²) in [4.78, 5) is 12.5. The summed E-state index contributed by atoms with van der Waals surface area (Å²) in [7, 11) is 0. The number of carbonyl (C=O) groups is 1. The van der Waals surface area contributed by atoms with E-state index in [0.29, 0.717) is 23.7 Å². The molecule has 4 nitrogen and oxygen atoms in total. The Morgan fingerprint density at radius 1 is 1.04 bits per heavy atom. The monoisotopic (exact) mass is 314 g/mol. The number of ketones is 1. The van der Waals surface area contributed by atoms with Crippen LogP contribution in [0.3, 0.4) is 0 Å². The van der Waals surface area contributed by atoms with Gasteiger partial charge in [0.05, 0.1) is 12.2 Å². The number of benzene rings is 2. The summed E-state index contributed by atoms with van der Waals surface area (Å²) >= 11 is 0. The van der Waals surface area contributed by atoms with Gasteiger partial charge in [0.1, 0.15) is 22.8 Å². The maximum absolute atomic E-state index is 12.5. The molecule has 0 aliphatic rings. The van der Waals surface area contributed by atoms with Crippen LogP contribution in [0.4, 0.5) is 0 Å². The van der Waals surface area contributed by atoms with E-state index in [2.05, 4.69) is 0 Å². The minimum atomic E-state index is -0.293. The SMILES string of the molecule is CCOc1ccc(C(=O)c2ccc(OC(C)(C)C)cc2)c(O)c1. The van der Waals surface area contributed by atoms with Crippen molar-refractivity contribution in [2.45, 2.75) is 33.3 Å². The van der Waals surface area contributed by atoms with E-state index in [-0.39, 0.29) is 22.7 Å². The van der Waals surface area contributed by atoms with E-state index in [1.165, 1.54) is 6.07 Å². The number of rotatable bonds is 5. The van der Waals surface area contributed by atoms with Crippen molar-refractivity contribution in [3.63, 3.8) is 0 Å². The molecule has 0 aromatic heterocycles. The van der Waals surface area contributed by atoms with Gasteiger partial charge in [-0.3, -0.25) is 4.79 Å². The molecule has 1 N–H and O–H groups in total. The van der Waals surface area contributed by atoms with Gasteiger partial charge < -0.3 is 14.6 Å². The Balaban J connectivity index is 2.20. The second-order valence-corrected chi connectivity index (χ2v) is 6.18. The van der Waals surface area contributed by atoms with Gasteiger partial charge in [-0.15, -0.1) is 0 Å². The molecule has 0 amide bonds. The van der Waals surface area contributed by atoms with Crippen molar-refractivity contribution >= 4 is 5.78 Å². The lowest BCUT2D eigenvalue weighted by atomic mass is 10.0. The summed E-state index contributed by atoms with van der Waals surface area (Å²) in [5.41, 5.74) is 0.447. The maximum atomic E-state index is 12.5. The van der Waals surface area contributed by atoms with Crippen molar-refractivity contribution in [2.75, 3.05) is 6.61 Å². The molecule has 0 saturated heterocycles. The van der Waals surface area contributed by atoms with Crippen LogP contribution in [0.2, 0.25) is 0 Å².